The summed E-state index contributed by atoms with van der Waals surface area (Å²) in [6.07, 6.45) is 0. The molecular weight excluding hydrogens is 232 g/mol. The number of alkyl halides is 2. The smallest absolute Gasteiger partial charge is 0.387 e. The van der Waals surface area contributed by atoms with E-state index in [0.29, 0.717) is 10.2 Å². The van der Waals surface area contributed by atoms with Crippen molar-refractivity contribution in [2.75, 3.05) is 5.73 Å². The second-order valence-electron chi connectivity index (χ2n) is 2.10. The molecule has 0 bridgehead atoms. The maximum Gasteiger partial charge on any atom is 0.387 e. The zero-order chi connectivity index (χ0) is 9.14. The fourth-order valence-electron chi connectivity index (χ4n) is 0.755. The molecule has 0 aliphatic carbocycles. The van der Waals surface area contributed by atoms with E-state index in [2.05, 4.69) is 20.7 Å². The lowest BCUT2D eigenvalue weighted by Crippen LogP contribution is -2.02. The van der Waals surface area contributed by atoms with Crippen molar-refractivity contribution in [2.24, 2.45) is 0 Å². The van der Waals surface area contributed by atoms with Gasteiger partial charge in [-0.3, -0.25) is 0 Å². The SMILES string of the molecule is Nc1cc(Br)cc(OC(F)F)c1. The number of ether oxygens (including phenoxy) is 1. The topological polar surface area (TPSA) is 35.2 Å². The molecule has 1 rings (SSSR count). The molecule has 0 aliphatic rings. The Morgan fingerprint density at radius 1 is 1.33 bits per heavy atom. The first-order chi connectivity index (χ1) is 5.58. The van der Waals surface area contributed by atoms with E-state index in [0.717, 1.165) is 0 Å². The third-order valence-corrected chi connectivity index (χ3v) is 1.58. The fourth-order valence-corrected chi connectivity index (χ4v) is 1.25. The van der Waals surface area contributed by atoms with Crippen molar-refractivity contribution in [3.8, 4) is 5.75 Å². The van der Waals surface area contributed by atoms with Gasteiger partial charge < -0.3 is 10.5 Å². The standard InChI is InChI=1S/C7H6BrF2NO/c8-4-1-5(11)3-6(2-4)12-7(9)10/h1-3,7H,11H2. The highest BCUT2D eigenvalue weighted by atomic mass is 79.9. The Hall–Kier alpha value is -0.840. The Labute approximate surface area is 76.4 Å². The van der Waals surface area contributed by atoms with Gasteiger partial charge in [0.1, 0.15) is 5.75 Å². The van der Waals surface area contributed by atoms with E-state index in [9.17, 15) is 8.78 Å². The predicted molar refractivity (Wildman–Crippen MR) is 45.2 cm³/mol. The summed E-state index contributed by atoms with van der Waals surface area (Å²) < 4.78 is 28.2. The highest BCUT2D eigenvalue weighted by Gasteiger charge is 2.04. The van der Waals surface area contributed by atoms with Crippen LogP contribution in [-0.2, 0) is 0 Å². The normalized spacial score (nSPS) is 10.3. The second-order valence-corrected chi connectivity index (χ2v) is 3.01. The van der Waals surface area contributed by atoms with E-state index in [1.54, 1.807) is 6.07 Å². The average Bonchev–Trinajstić information content (AvgIpc) is 1.81. The van der Waals surface area contributed by atoms with Crippen LogP contribution in [0, 0.1) is 0 Å². The Bertz CT molecular complexity index is 260. The van der Waals surface area contributed by atoms with Crippen molar-refractivity contribution >= 4 is 21.6 Å². The van der Waals surface area contributed by atoms with Gasteiger partial charge in [0.05, 0.1) is 0 Å². The number of hydrogen-bond acceptors (Lipinski definition) is 2. The Morgan fingerprint density at radius 3 is 2.50 bits per heavy atom. The van der Waals surface area contributed by atoms with E-state index >= 15 is 0 Å². The van der Waals surface area contributed by atoms with Crippen LogP contribution in [-0.4, -0.2) is 6.61 Å². The van der Waals surface area contributed by atoms with Crippen LogP contribution in [0.3, 0.4) is 0 Å². The highest BCUT2D eigenvalue weighted by Crippen LogP contribution is 2.23. The van der Waals surface area contributed by atoms with Gasteiger partial charge in [-0.25, -0.2) is 0 Å². The fraction of sp³-hybridized carbons (Fsp3) is 0.143. The summed E-state index contributed by atoms with van der Waals surface area (Å²) in [6, 6.07) is 4.35. The Kier molecular flexibility index (Phi) is 2.86. The molecule has 2 nitrogen and oxygen atoms in total. The monoisotopic (exact) mass is 237 g/mol. The molecule has 1 aromatic rings. The summed E-state index contributed by atoms with van der Waals surface area (Å²) in [5.41, 5.74) is 5.76. The Balaban J connectivity index is 2.85. The molecule has 0 amide bonds. The number of hydrogen-bond donors (Lipinski definition) is 1. The van der Waals surface area contributed by atoms with Crippen molar-refractivity contribution in [1.82, 2.24) is 0 Å². The van der Waals surface area contributed by atoms with E-state index < -0.39 is 6.61 Å². The first kappa shape index (κ1) is 9.25. The number of nitrogens with two attached hydrogens (primary N) is 1. The minimum atomic E-state index is -2.82. The molecule has 0 aliphatic heterocycles. The van der Waals surface area contributed by atoms with Gasteiger partial charge in [-0.05, 0) is 12.1 Å². The first-order valence-electron chi connectivity index (χ1n) is 3.09. The van der Waals surface area contributed by atoms with Crippen LogP contribution in [0.2, 0.25) is 0 Å². The molecule has 0 saturated heterocycles. The average molecular weight is 238 g/mol. The molecule has 12 heavy (non-hydrogen) atoms. The van der Waals surface area contributed by atoms with Crippen LogP contribution < -0.4 is 10.5 Å². The molecule has 0 atom stereocenters. The van der Waals surface area contributed by atoms with Crippen LogP contribution in [0.4, 0.5) is 14.5 Å². The molecule has 0 aromatic heterocycles. The van der Waals surface area contributed by atoms with Gasteiger partial charge in [-0.1, -0.05) is 15.9 Å². The number of halogens is 3. The highest BCUT2D eigenvalue weighted by molar-refractivity contribution is 9.10. The lowest BCUT2D eigenvalue weighted by Gasteiger charge is -2.05. The van der Waals surface area contributed by atoms with Gasteiger partial charge >= 0.3 is 6.61 Å². The van der Waals surface area contributed by atoms with Gasteiger partial charge in [0.2, 0.25) is 0 Å². The zero-order valence-electron chi connectivity index (χ0n) is 5.93. The number of anilines is 1. The minimum absolute atomic E-state index is 0.0527. The summed E-state index contributed by atoms with van der Waals surface area (Å²) in [7, 11) is 0. The maximum absolute atomic E-state index is 11.7. The summed E-state index contributed by atoms with van der Waals surface area (Å²) in [5, 5.41) is 0. The predicted octanol–water partition coefficient (Wildman–Crippen LogP) is 2.63. The quantitative estimate of drug-likeness (QED) is 0.803. The molecule has 0 heterocycles. The third-order valence-electron chi connectivity index (χ3n) is 1.12. The summed E-state index contributed by atoms with van der Waals surface area (Å²) >= 11 is 3.10. The lowest BCUT2D eigenvalue weighted by atomic mass is 10.3. The largest absolute Gasteiger partial charge is 0.435 e. The molecule has 0 saturated carbocycles. The Morgan fingerprint density at radius 2 is 2.00 bits per heavy atom. The van der Waals surface area contributed by atoms with Crippen molar-refractivity contribution in [1.29, 1.82) is 0 Å². The molecule has 0 spiro atoms. The van der Waals surface area contributed by atoms with Crippen molar-refractivity contribution in [3.05, 3.63) is 22.7 Å². The van der Waals surface area contributed by atoms with Gasteiger partial charge in [-0.15, -0.1) is 0 Å². The molecule has 2 N–H and O–H groups in total. The zero-order valence-corrected chi connectivity index (χ0v) is 7.51. The number of nitrogen functional groups attached to an aromatic ring is 1. The van der Waals surface area contributed by atoms with Crippen LogP contribution >= 0.6 is 15.9 Å². The van der Waals surface area contributed by atoms with Gasteiger partial charge in [0.25, 0.3) is 0 Å². The van der Waals surface area contributed by atoms with E-state index in [1.807, 2.05) is 0 Å². The van der Waals surface area contributed by atoms with E-state index in [-0.39, 0.29) is 5.75 Å². The number of benzene rings is 1. The minimum Gasteiger partial charge on any atom is -0.435 e. The van der Waals surface area contributed by atoms with Gasteiger partial charge in [-0.2, -0.15) is 8.78 Å². The first-order valence-corrected chi connectivity index (χ1v) is 3.88. The van der Waals surface area contributed by atoms with Crippen molar-refractivity contribution in [3.63, 3.8) is 0 Å². The molecule has 1 aromatic carbocycles. The van der Waals surface area contributed by atoms with Crippen LogP contribution in [0.25, 0.3) is 0 Å². The molecule has 0 fully saturated rings. The van der Waals surface area contributed by atoms with Crippen LogP contribution in [0.15, 0.2) is 22.7 Å². The summed E-state index contributed by atoms with van der Waals surface area (Å²) in [6.45, 7) is -2.82. The second kappa shape index (κ2) is 3.71. The van der Waals surface area contributed by atoms with E-state index in [1.165, 1.54) is 12.1 Å². The molecular formula is C7H6BrF2NO. The molecule has 66 valence electrons. The van der Waals surface area contributed by atoms with Gasteiger partial charge in [0.15, 0.2) is 0 Å². The maximum atomic E-state index is 11.7. The van der Waals surface area contributed by atoms with Crippen LogP contribution in [0.5, 0.6) is 5.75 Å². The molecule has 0 unspecified atom stereocenters. The lowest BCUT2D eigenvalue weighted by molar-refractivity contribution is -0.0498. The third kappa shape index (κ3) is 2.65. The van der Waals surface area contributed by atoms with Crippen LogP contribution in [0.1, 0.15) is 0 Å². The summed E-state index contributed by atoms with van der Waals surface area (Å²) in [5.74, 6) is 0.0527. The van der Waals surface area contributed by atoms with Crippen molar-refractivity contribution in [2.45, 2.75) is 6.61 Å². The van der Waals surface area contributed by atoms with Crippen molar-refractivity contribution < 1.29 is 13.5 Å². The summed E-state index contributed by atoms with van der Waals surface area (Å²) in [4.78, 5) is 0. The number of rotatable bonds is 2. The molecule has 0 radical (unpaired) electrons. The molecule has 5 heteroatoms. The van der Waals surface area contributed by atoms with Gasteiger partial charge in [0, 0.05) is 16.2 Å². The van der Waals surface area contributed by atoms with E-state index in [4.69, 9.17) is 5.73 Å².